The molecule has 0 amide bonds. The molecule has 0 atom stereocenters. The van der Waals surface area contributed by atoms with Gasteiger partial charge in [-0.15, -0.1) is 0 Å². The summed E-state index contributed by atoms with van der Waals surface area (Å²) in [5, 5.41) is 2.42. The van der Waals surface area contributed by atoms with Crippen LogP contribution in [0.15, 0.2) is 261 Å². The van der Waals surface area contributed by atoms with Crippen molar-refractivity contribution in [1.82, 2.24) is 0 Å². The summed E-state index contributed by atoms with van der Waals surface area (Å²) in [4.78, 5) is 2.31. The minimum absolute atomic E-state index is 0.797. The van der Waals surface area contributed by atoms with Crippen molar-refractivity contribution in [3.8, 4) is 33.8 Å². The Morgan fingerprint density at radius 1 is 0.262 bits per heavy atom. The molecule has 0 aliphatic carbocycles. The van der Waals surface area contributed by atoms with Crippen LogP contribution in [-0.4, -0.2) is 13.3 Å². The molecular formula is C58H43GeNO. The van der Waals surface area contributed by atoms with Crippen molar-refractivity contribution in [2.75, 3.05) is 4.90 Å². The Bertz CT molecular complexity index is 2890. The molecule has 61 heavy (non-hydrogen) atoms. The average Bonchev–Trinajstić information content (AvgIpc) is 3.34. The molecule has 0 aliphatic rings. The van der Waals surface area contributed by atoms with Gasteiger partial charge in [-0.2, -0.15) is 0 Å². The number of benzene rings is 10. The molecule has 0 spiro atoms. The summed E-state index contributed by atoms with van der Waals surface area (Å²) in [7, 11) is 0. The molecule has 0 N–H and O–H groups in total. The third kappa shape index (κ3) is 7.66. The fraction of sp³-hybridized carbons (Fsp3) is 0. The maximum atomic E-state index is 6.14. The van der Waals surface area contributed by atoms with E-state index in [1.54, 1.807) is 0 Å². The van der Waals surface area contributed by atoms with E-state index in [9.17, 15) is 0 Å². The van der Waals surface area contributed by atoms with Crippen molar-refractivity contribution in [1.29, 1.82) is 0 Å². The Balaban J connectivity index is 0.943. The molecule has 2 nitrogen and oxygen atoms in total. The van der Waals surface area contributed by atoms with Crippen LogP contribution in [0.4, 0.5) is 17.1 Å². The first-order valence-electron chi connectivity index (χ1n) is 20.8. The largest absolute Gasteiger partial charge is 0.0616 e. The summed E-state index contributed by atoms with van der Waals surface area (Å²) in [5.41, 5.74) is 7.98. The normalized spacial score (nSPS) is 11.3. The summed E-state index contributed by atoms with van der Waals surface area (Å²) in [6, 6.07) is 94.2. The maximum Gasteiger partial charge on any atom is 0.0468 e. The zero-order chi connectivity index (χ0) is 40.9. The Kier molecular flexibility index (Phi) is 10.6. The van der Waals surface area contributed by atoms with Gasteiger partial charge in [-0.3, -0.25) is 0 Å². The molecule has 0 heterocycles. The fourth-order valence-electron chi connectivity index (χ4n) is 8.69. The molecule has 0 aliphatic heterocycles. The van der Waals surface area contributed by atoms with Crippen LogP contribution >= 0.6 is 0 Å². The first kappa shape index (κ1) is 37.8. The van der Waals surface area contributed by atoms with Gasteiger partial charge < -0.3 is 9.64 Å². The molecule has 10 aromatic rings. The summed E-state index contributed by atoms with van der Waals surface area (Å²) in [6.07, 6.45) is 0. The van der Waals surface area contributed by atoms with Crippen molar-refractivity contribution in [2.45, 2.75) is 0 Å². The predicted octanol–water partition coefficient (Wildman–Crippen LogP) is 12.8. The number of para-hydroxylation sites is 1. The molecule has 0 fully saturated rings. The topological polar surface area (TPSA) is 12.5 Å². The van der Waals surface area contributed by atoms with Crippen molar-refractivity contribution < 1.29 is 4.74 Å². The molecule has 0 radical (unpaired) electrons. The van der Waals surface area contributed by atoms with Crippen LogP contribution in [0.5, 0.6) is 11.5 Å². The number of fused-ring (bicyclic) bond motifs is 1. The first-order valence-corrected chi connectivity index (χ1v) is 25.0. The number of hydrogen-bond acceptors (Lipinski definition) is 2. The second-order valence-corrected chi connectivity index (χ2v) is 23.3. The Labute approximate surface area is 361 Å². The van der Waals surface area contributed by atoms with Crippen LogP contribution in [0.3, 0.4) is 0 Å². The van der Waals surface area contributed by atoms with E-state index in [-0.39, 0.29) is 0 Å². The van der Waals surface area contributed by atoms with Gasteiger partial charge in [0.25, 0.3) is 0 Å². The van der Waals surface area contributed by atoms with E-state index in [2.05, 4.69) is 223 Å². The number of rotatable bonds is 11. The van der Waals surface area contributed by atoms with Crippen LogP contribution < -0.4 is 27.2 Å². The minimum Gasteiger partial charge on any atom is -0.0616 e. The third-order valence-corrected chi connectivity index (χ3v) is 21.7. The standard InChI is InChI=1S/C58H43GeNO/c1-5-17-50(18-6-1)59(51-19-7-2-8-20-51,52-21-9-3-10-22-52)53-34-29-47(30-35-53)45-25-27-46(28-26-45)48-31-36-54(37-32-48)60(56-38-33-44-15-13-14-16-49(44)43-56)55-39-41-58(42-40-55)61-57-23-11-4-12-24-57/h1-43H. The predicted molar refractivity (Wildman–Crippen MR) is 260 cm³/mol. The Morgan fingerprint density at radius 3 is 1.10 bits per heavy atom. The van der Waals surface area contributed by atoms with E-state index >= 15 is 0 Å². The van der Waals surface area contributed by atoms with Crippen molar-refractivity contribution in [3.05, 3.63) is 261 Å². The molecule has 0 bridgehead atoms. The molecule has 0 saturated carbocycles. The van der Waals surface area contributed by atoms with E-state index < -0.39 is 13.3 Å². The van der Waals surface area contributed by atoms with Crippen molar-refractivity contribution in [3.63, 3.8) is 0 Å². The molecule has 3 heteroatoms. The summed E-state index contributed by atoms with van der Waals surface area (Å²) < 4.78 is 11.8. The van der Waals surface area contributed by atoms with Gasteiger partial charge in [0, 0.05) is 11.4 Å². The number of nitrogens with zero attached hydrogens (tertiary/aromatic N) is 1. The zero-order valence-corrected chi connectivity index (χ0v) is 35.8. The van der Waals surface area contributed by atoms with Crippen molar-refractivity contribution >= 4 is 58.7 Å². The monoisotopic (exact) mass is 843 g/mol. The number of ether oxygens (including phenoxy) is 1. The van der Waals surface area contributed by atoms with Gasteiger partial charge in [0.2, 0.25) is 0 Å². The van der Waals surface area contributed by atoms with E-state index in [4.69, 9.17) is 4.74 Å². The fourth-order valence-corrected chi connectivity index (χ4v) is 18.6. The first-order chi connectivity index (χ1) is 30.2. The summed E-state index contributed by atoms with van der Waals surface area (Å²) >= 11 is -3.31. The van der Waals surface area contributed by atoms with Gasteiger partial charge in [0.1, 0.15) is 11.5 Å². The van der Waals surface area contributed by atoms with E-state index in [1.807, 2.05) is 42.5 Å². The van der Waals surface area contributed by atoms with E-state index in [0.29, 0.717) is 0 Å². The quantitative estimate of drug-likeness (QED) is 0.120. The SMILES string of the molecule is c1ccc(Oc2ccc(N(c3ccc(-c4ccc(-c5cc[c]([Ge]([c]6ccccc6)([c]6ccccc6)[c]6ccccc6)cc5)cc4)cc3)c3ccc4ccccc4c3)cc2)cc1. The van der Waals surface area contributed by atoms with Crippen molar-refractivity contribution in [2.24, 2.45) is 0 Å². The second-order valence-electron chi connectivity index (χ2n) is 15.3. The number of hydrogen-bond donors (Lipinski definition) is 0. The molecule has 0 aromatic heterocycles. The molecular weight excluding hydrogens is 799 g/mol. The van der Waals surface area contributed by atoms with Gasteiger partial charge in [0.15, 0.2) is 0 Å². The second kappa shape index (κ2) is 17.1. The van der Waals surface area contributed by atoms with Crippen LogP contribution in [0.1, 0.15) is 0 Å². The molecule has 10 rings (SSSR count). The van der Waals surface area contributed by atoms with Crippen LogP contribution in [0.25, 0.3) is 33.0 Å². The van der Waals surface area contributed by atoms with Gasteiger partial charge in [0.05, 0.1) is 0 Å². The van der Waals surface area contributed by atoms with Crippen LogP contribution in [-0.2, 0) is 0 Å². The Morgan fingerprint density at radius 2 is 0.607 bits per heavy atom. The zero-order valence-electron chi connectivity index (χ0n) is 33.7. The number of anilines is 3. The molecule has 10 aromatic carbocycles. The smallest absolute Gasteiger partial charge is 0.0468 e. The molecule has 0 unspecified atom stereocenters. The average molecular weight is 843 g/mol. The van der Waals surface area contributed by atoms with Gasteiger partial charge in [-0.25, -0.2) is 0 Å². The van der Waals surface area contributed by atoms with E-state index in [1.165, 1.54) is 50.6 Å². The van der Waals surface area contributed by atoms with Gasteiger partial charge in [-0.1, -0.05) is 48.5 Å². The van der Waals surface area contributed by atoms with Gasteiger partial charge >= 0.3 is 223 Å². The molecule has 0 saturated heterocycles. The third-order valence-electron chi connectivity index (χ3n) is 11.7. The summed E-state index contributed by atoms with van der Waals surface area (Å²) in [6.45, 7) is 0. The maximum absolute atomic E-state index is 6.14. The minimum atomic E-state index is -3.31. The van der Waals surface area contributed by atoms with Crippen LogP contribution in [0, 0.1) is 0 Å². The molecule has 290 valence electrons. The van der Waals surface area contributed by atoms with Crippen LogP contribution in [0.2, 0.25) is 0 Å². The summed E-state index contributed by atoms with van der Waals surface area (Å²) in [5.74, 6) is 1.61. The Hall–Kier alpha value is -7.40. The van der Waals surface area contributed by atoms with Gasteiger partial charge in [-0.05, 0) is 59.3 Å². The van der Waals surface area contributed by atoms with E-state index in [0.717, 1.165) is 28.6 Å².